The van der Waals surface area contributed by atoms with Crippen LogP contribution in [0.3, 0.4) is 0 Å². The smallest absolute Gasteiger partial charge is 0.191 e. The highest BCUT2D eigenvalue weighted by atomic mass is 127. The SMILES string of the molecule is CCNC(=NCc1ccccc1CC)NCC(C1CC1)N(C)C.I. The Morgan fingerprint density at radius 3 is 2.38 bits per heavy atom. The minimum atomic E-state index is 0. The summed E-state index contributed by atoms with van der Waals surface area (Å²) in [6.45, 7) is 6.89. The lowest BCUT2D eigenvalue weighted by molar-refractivity contribution is 0.264. The van der Waals surface area contributed by atoms with E-state index in [-0.39, 0.29) is 24.0 Å². The fraction of sp³-hybridized carbons (Fsp3) is 0.632. The number of aryl methyl sites for hydroxylation is 1. The van der Waals surface area contributed by atoms with E-state index < -0.39 is 0 Å². The maximum absolute atomic E-state index is 4.78. The molecule has 0 amide bonds. The van der Waals surface area contributed by atoms with Crippen LogP contribution in [0.25, 0.3) is 0 Å². The molecule has 0 heterocycles. The normalized spacial score (nSPS) is 15.8. The van der Waals surface area contributed by atoms with Crippen molar-refractivity contribution in [3.63, 3.8) is 0 Å². The number of hydrogen-bond acceptors (Lipinski definition) is 2. The largest absolute Gasteiger partial charge is 0.357 e. The Morgan fingerprint density at radius 1 is 1.17 bits per heavy atom. The van der Waals surface area contributed by atoms with Crippen LogP contribution >= 0.6 is 24.0 Å². The fourth-order valence-electron chi connectivity index (χ4n) is 3.02. The van der Waals surface area contributed by atoms with Gasteiger partial charge in [0.15, 0.2) is 5.96 Å². The molecule has 0 spiro atoms. The summed E-state index contributed by atoms with van der Waals surface area (Å²) < 4.78 is 0. The lowest BCUT2D eigenvalue weighted by atomic mass is 10.1. The van der Waals surface area contributed by atoms with E-state index in [9.17, 15) is 0 Å². The zero-order valence-electron chi connectivity index (χ0n) is 15.5. The van der Waals surface area contributed by atoms with E-state index in [2.05, 4.69) is 67.7 Å². The molecule has 4 nitrogen and oxygen atoms in total. The third kappa shape index (κ3) is 6.59. The van der Waals surface area contributed by atoms with Crippen LogP contribution < -0.4 is 10.6 Å². The van der Waals surface area contributed by atoms with Crippen LogP contribution in [0.15, 0.2) is 29.3 Å². The number of aliphatic imine (C=N–C) groups is 1. The molecule has 0 saturated heterocycles. The third-order valence-electron chi connectivity index (χ3n) is 4.56. The second-order valence-corrected chi connectivity index (χ2v) is 6.57. The number of halogens is 1. The quantitative estimate of drug-likeness (QED) is 0.368. The lowest BCUT2D eigenvalue weighted by Crippen LogP contribution is -2.46. The Balaban J connectivity index is 0.00000288. The topological polar surface area (TPSA) is 39.7 Å². The Kier molecular flexibility index (Phi) is 9.66. The van der Waals surface area contributed by atoms with Gasteiger partial charge in [0, 0.05) is 19.1 Å². The standard InChI is InChI=1S/C19H32N4.HI/c1-5-15-9-7-8-10-17(15)13-21-19(20-6-2)22-14-18(23(3)4)16-11-12-16;/h7-10,16,18H,5-6,11-14H2,1-4H3,(H2,20,21,22);1H. The first kappa shape index (κ1) is 21.2. The molecule has 1 fully saturated rings. The van der Waals surface area contributed by atoms with Crippen LogP contribution in [0, 0.1) is 5.92 Å². The molecule has 1 aromatic carbocycles. The molecule has 1 saturated carbocycles. The van der Waals surface area contributed by atoms with Gasteiger partial charge in [-0.1, -0.05) is 31.2 Å². The Hall–Kier alpha value is -0.820. The Labute approximate surface area is 164 Å². The van der Waals surface area contributed by atoms with Crippen molar-refractivity contribution >= 4 is 29.9 Å². The predicted molar refractivity (Wildman–Crippen MR) is 114 cm³/mol. The lowest BCUT2D eigenvalue weighted by Gasteiger charge is -2.25. The summed E-state index contributed by atoms with van der Waals surface area (Å²) in [5.41, 5.74) is 2.70. The van der Waals surface area contributed by atoms with Crippen molar-refractivity contribution in [3.8, 4) is 0 Å². The molecule has 0 radical (unpaired) electrons. The highest BCUT2D eigenvalue weighted by Gasteiger charge is 2.32. The highest BCUT2D eigenvalue weighted by Crippen LogP contribution is 2.34. The Bertz CT molecular complexity index is 510. The van der Waals surface area contributed by atoms with Crippen molar-refractivity contribution in [2.75, 3.05) is 27.2 Å². The maximum Gasteiger partial charge on any atom is 0.191 e. The molecule has 1 aliphatic carbocycles. The highest BCUT2D eigenvalue weighted by molar-refractivity contribution is 14.0. The summed E-state index contributed by atoms with van der Waals surface area (Å²) in [4.78, 5) is 7.11. The molecule has 0 aromatic heterocycles. The summed E-state index contributed by atoms with van der Waals surface area (Å²) in [6, 6.07) is 9.17. The molecule has 2 rings (SSSR count). The number of hydrogen-bond donors (Lipinski definition) is 2. The van der Waals surface area contributed by atoms with Gasteiger partial charge in [-0.05, 0) is 57.3 Å². The van der Waals surface area contributed by atoms with Crippen LogP contribution in [0.4, 0.5) is 0 Å². The van der Waals surface area contributed by atoms with Crippen LogP contribution in [0.1, 0.15) is 37.8 Å². The van der Waals surface area contributed by atoms with E-state index in [1.807, 2.05) is 0 Å². The summed E-state index contributed by atoms with van der Waals surface area (Å²) in [6.07, 6.45) is 3.78. The molecule has 0 bridgehead atoms. The van der Waals surface area contributed by atoms with Gasteiger partial charge >= 0.3 is 0 Å². The molecule has 1 unspecified atom stereocenters. The average Bonchev–Trinajstić information content (AvgIpc) is 3.37. The minimum absolute atomic E-state index is 0. The van der Waals surface area contributed by atoms with Gasteiger partial charge in [-0.3, -0.25) is 0 Å². The molecule has 1 atom stereocenters. The number of nitrogens with one attached hydrogen (secondary N) is 2. The van der Waals surface area contributed by atoms with Gasteiger partial charge in [-0.25, -0.2) is 4.99 Å². The molecule has 5 heteroatoms. The number of likely N-dealkylation sites (N-methyl/N-ethyl adjacent to an activating group) is 1. The zero-order valence-corrected chi connectivity index (χ0v) is 17.8. The van der Waals surface area contributed by atoms with Crippen molar-refractivity contribution < 1.29 is 0 Å². The second-order valence-electron chi connectivity index (χ2n) is 6.57. The summed E-state index contributed by atoms with van der Waals surface area (Å²) in [5, 5.41) is 6.89. The monoisotopic (exact) mass is 444 g/mol. The first-order valence-electron chi connectivity index (χ1n) is 8.91. The van der Waals surface area contributed by atoms with Gasteiger partial charge in [0.1, 0.15) is 0 Å². The Morgan fingerprint density at radius 2 is 1.83 bits per heavy atom. The van der Waals surface area contributed by atoms with Gasteiger partial charge in [0.2, 0.25) is 0 Å². The first-order valence-corrected chi connectivity index (χ1v) is 8.91. The summed E-state index contributed by atoms with van der Waals surface area (Å²) in [7, 11) is 4.35. The predicted octanol–water partition coefficient (Wildman–Crippen LogP) is 3.26. The minimum Gasteiger partial charge on any atom is -0.357 e. The third-order valence-corrected chi connectivity index (χ3v) is 4.56. The zero-order chi connectivity index (χ0) is 16.7. The number of rotatable bonds is 8. The molecule has 1 aliphatic rings. The van der Waals surface area contributed by atoms with Crippen molar-refractivity contribution in [1.82, 2.24) is 15.5 Å². The van der Waals surface area contributed by atoms with E-state index in [0.29, 0.717) is 6.04 Å². The number of benzene rings is 1. The molecular weight excluding hydrogens is 411 g/mol. The molecule has 1 aromatic rings. The van der Waals surface area contributed by atoms with E-state index >= 15 is 0 Å². The van der Waals surface area contributed by atoms with Crippen LogP contribution in [0.2, 0.25) is 0 Å². The van der Waals surface area contributed by atoms with Crippen LogP contribution in [-0.2, 0) is 13.0 Å². The van der Waals surface area contributed by atoms with Gasteiger partial charge in [-0.15, -0.1) is 24.0 Å². The maximum atomic E-state index is 4.78. The van der Waals surface area contributed by atoms with Crippen molar-refractivity contribution in [3.05, 3.63) is 35.4 Å². The number of guanidine groups is 1. The van der Waals surface area contributed by atoms with Crippen molar-refractivity contribution in [2.45, 2.75) is 45.7 Å². The second kappa shape index (κ2) is 10.9. The van der Waals surface area contributed by atoms with Crippen molar-refractivity contribution in [1.29, 1.82) is 0 Å². The van der Waals surface area contributed by atoms with Gasteiger partial charge in [-0.2, -0.15) is 0 Å². The molecule has 2 N–H and O–H groups in total. The molecule has 0 aliphatic heterocycles. The fourth-order valence-corrected chi connectivity index (χ4v) is 3.02. The van der Waals surface area contributed by atoms with E-state index in [1.165, 1.54) is 24.0 Å². The molecule has 136 valence electrons. The van der Waals surface area contributed by atoms with Gasteiger partial charge in [0.25, 0.3) is 0 Å². The molecular formula is C19H33IN4. The van der Waals surface area contributed by atoms with E-state index in [4.69, 9.17) is 4.99 Å². The van der Waals surface area contributed by atoms with E-state index in [0.717, 1.165) is 37.9 Å². The van der Waals surface area contributed by atoms with Gasteiger partial charge in [0.05, 0.1) is 6.54 Å². The van der Waals surface area contributed by atoms with E-state index in [1.54, 1.807) is 0 Å². The first-order chi connectivity index (χ1) is 11.2. The molecule has 24 heavy (non-hydrogen) atoms. The summed E-state index contributed by atoms with van der Waals surface area (Å²) >= 11 is 0. The van der Waals surface area contributed by atoms with Crippen LogP contribution in [0.5, 0.6) is 0 Å². The van der Waals surface area contributed by atoms with Crippen molar-refractivity contribution in [2.24, 2.45) is 10.9 Å². The number of nitrogens with zero attached hydrogens (tertiary/aromatic N) is 2. The van der Waals surface area contributed by atoms with Crippen LogP contribution in [-0.4, -0.2) is 44.1 Å². The summed E-state index contributed by atoms with van der Waals surface area (Å²) in [5.74, 6) is 1.77. The van der Waals surface area contributed by atoms with Gasteiger partial charge < -0.3 is 15.5 Å². The average molecular weight is 444 g/mol.